The molecule has 1 N–H and O–H groups in total. The van der Waals surface area contributed by atoms with Crippen LogP contribution in [0.1, 0.15) is 11.3 Å². The summed E-state index contributed by atoms with van der Waals surface area (Å²) in [6.45, 7) is 2.71. The first-order chi connectivity index (χ1) is 8.34. The molecule has 3 nitrogen and oxygen atoms in total. The van der Waals surface area contributed by atoms with Crippen molar-refractivity contribution in [2.24, 2.45) is 0 Å². The fraction of sp³-hybridized carbons (Fsp3) is 0.143. The molecule has 0 saturated carbocycles. The molecule has 17 heavy (non-hydrogen) atoms. The van der Waals surface area contributed by atoms with E-state index in [1.54, 1.807) is 6.33 Å². The third-order valence-electron chi connectivity index (χ3n) is 2.31. The van der Waals surface area contributed by atoms with Gasteiger partial charge < -0.3 is 5.32 Å². The molecule has 1 heterocycles. The summed E-state index contributed by atoms with van der Waals surface area (Å²) < 4.78 is 0. The van der Waals surface area contributed by atoms with Crippen LogP contribution in [0.2, 0.25) is 0 Å². The summed E-state index contributed by atoms with van der Waals surface area (Å²) >= 11 is 0. The van der Waals surface area contributed by atoms with Gasteiger partial charge in [0, 0.05) is 18.3 Å². The van der Waals surface area contributed by atoms with Crippen molar-refractivity contribution in [2.75, 3.05) is 11.9 Å². The van der Waals surface area contributed by atoms with Gasteiger partial charge in [0.1, 0.15) is 12.1 Å². The lowest BCUT2D eigenvalue weighted by atomic mass is 10.2. The van der Waals surface area contributed by atoms with Crippen molar-refractivity contribution in [3.05, 3.63) is 60.1 Å². The van der Waals surface area contributed by atoms with Gasteiger partial charge in [-0.25, -0.2) is 9.97 Å². The molecule has 0 amide bonds. The van der Waals surface area contributed by atoms with Crippen LogP contribution in [0.3, 0.4) is 0 Å². The highest BCUT2D eigenvalue weighted by Gasteiger charge is 1.91. The Hall–Kier alpha value is -2.16. The fourth-order valence-electron chi connectivity index (χ4n) is 1.47. The minimum atomic E-state index is 0.755. The number of nitrogens with one attached hydrogen (secondary N) is 1. The molecule has 0 atom stereocenters. The molecule has 0 saturated heterocycles. The van der Waals surface area contributed by atoms with Gasteiger partial charge in [0.2, 0.25) is 0 Å². The lowest BCUT2D eigenvalue weighted by Crippen LogP contribution is -2.01. The number of hydrogen-bond acceptors (Lipinski definition) is 3. The van der Waals surface area contributed by atoms with Crippen LogP contribution >= 0.6 is 0 Å². The molecule has 2 aromatic rings. The second-order valence-corrected chi connectivity index (χ2v) is 3.74. The standard InChI is InChI=1S/C14H15N3/c1-12-10-14(17-11-16-12)15-9-5-8-13-6-3-2-4-7-13/h2-8,10-11H,9H2,1H3,(H,15,16,17)/b8-5+. The van der Waals surface area contributed by atoms with Crippen LogP contribution in [0.4, 0.5) is 5.82 Å². The minimum absolute atomic E-state index is 0.755. The molecule has 0 aliphatic heterocycles. The normalized spacial score (nSPS) is 10.6. The molecule has 0 aliphatic rings. The first kappa shape index (κ1) is 11.3. The zero-order chi connectivity index (χ0) is 11.9. The predicted octanol–water partition coefficient (Wildman–Crippen LogP) is 2.91. The highest BCUT2D eigenvalue weighted by atomic mass is 15.0. The summed E-state index contributed by atoms with van der Waals surface area (Å²) in [5.41, 5.74) is 2.17. The van der Waals surface area contributed by atoms with Gasteiger partial charge in [0.25, 0.3) is 0 Å². The summed E-state index contributed by atoms with van der Waals surface area (Å²) in [5.74, 6) is 0.857. The van der Waals surface area contributed by atoms with Gasteiger partial charge in [-0.2, -0.15) is 0 Å². The number of rotatable bonds is 4. The molecule has 3 heteroatoms. The largest absolute Gasteiger partial charge is 0.366 e. The Labute approximate surface area is 101 Å². The van der Waals surface area contributed by atoms with Gasteiger partial charge in [-0.05, 0) is 12.5 Å². The summed E-state index contributed by atoms with van der Waals surface area (Å²) in [7, 11) is 0. The van der Waals surface area contributed by atoms with Crippen LogP contribution in [0.5, 0.6) is 0 Å². The number of anilines is 1. The van der Waals surface area contributed by atoms with E-state index in [2.05, 4.69) is 39.6 Å². The van der Waals surface area contributed by atoms with E-state index in [4.69, 9.17) is 0 Å². The summed E-state index contributed by atoms with van der Waals surface area (Å²) in [6.07, 6.45) is 5.73. The second kappa shape index (κ2) is 5.80. The Balaban J connectivity index is 1.86. The first-order valence-corrected chi connectivity index (χ1v) is 5.59. The summed E-state index contributed by atoms with van der Waals surface area (Å²) in [5, 5.41) is 3.22. The monoisotopic (exact) mass is 225 g/mol. The Bertz CT molecular complexity index is 492. The molecule has 1 aromatic heterocycles. The average Bonchev–Trinajstić information content (AvgIpc) is 2.36. The fourth-order valence-corrected chi connectivity index (χ4v) is 1.47. The van der Waals surface area contributed by atoms with Crippen LogP contribution in [-0.2, 0) is 0 Å². The highest BCUT2D eigenvalue weighted by Crippen LogP contribution is 2.03. The highest BCUT2D eigenvalue weighted by molar-refractivity contribution is 5.49. The smallest absolute Gasteiger partial charge is 0.129 e. The molecule has 2 rings (SSSR count). The van der Waals surface area contributed by atoms with E-state index < -0.39 is 0 Å². The van der Waals surface area contributed by atoms with Crippen LogP contribution < -0.4 is 5.32 Å². The molecule has 0 fully saturated rings. The number of hydrogen-bond donors (Lipinski definition) is 1. The Morgan fingerprint density at radius 3 is 2.76 bits per heavy atom. The Kier molecular flexibility index (Phi) is 3.86. The van der Waals surface area contributed by atoms with E-state index in [0.717, 1.165) is 18.1 Å². The van der Waals surface area contributed by atoms with Crippen LogP contribution in [-0.4, -0.2) is 16.5 Å². The van der Waals surface area contributed by atoms with Crippen molar-refractivity contribution in [1.82, 2.24) is 9.97 Å². The number of aryl methyl sites for hydroxylation is 1. The zero-order valence-electron chi connectivity index (χ0n) is 9.80. The topological polar surface area (TPSA) is 37.8 Å². The van der Waals surface area contributed by atoms with Gasteiger partial charge >= 0.3 is 0 Å². The quantitative estimate of drug-likeness (QED) is 0.869. The molecule has 0 bridgehead atoms. The SMILES string of the molecule is Cc1cc(NC/C=C/c2ccccc2)ncn1. The maximum atomic E-state index is 4.13. The Morgan fingerprint density at radius 2 is 2.00 bits per heavy atom. The average molecular weight is 225 g/mol. The van der Waals surface area contributed by atoms with E-state index in [1.165, 1.54) is 5.56 Å². The maximum Gasteiger partial charge on any atom is 0.129 e. The molecule has 86 valence electrons. The molecule has 1 aromatic carbocycles. The van der Waals surface area contributed by atoms with Crippen molar-refractivity contribution < 1.29 is 0 Å². The van der Waals surface area contributed by atoms with E-state index in [-0.39, 0.29) is 0 Å². The van der Waals surface area contributed by atoms with Gasteiger partial charge in [0.15, 0.2) is 0 Å². The van der Waals surface area contributed by atoms with Crippen molar-refractivity contribution >= 4 is 11.9 Å². The van der Waals surface area contributed by atoms with Crippen molar-refractivity contribution in [3.8, 4) is 0 Å². The third kappa shape index (κ3) is 3.72. The van der Waals surface area contributed by atoms with Gasteiger partial charge in [-0.1, -0.05) is 42.5 Å². The zero-order valence-corrected chi connectivity index (χ0v) is 9.80. The molecular formula is C14H15N3. The van der Waals surface area contributed by atoms with Crippen molar-refractivity contribution in [3.63, 3.8) is 0 Å². The predicted molar refractivity (Wildman–Crippen MR) is 70.7 cm³/mol. The van der Waals surface area contributed by atoms with Gasteiger partial charge in [-0.15, -0.1) is 0 Å². The number of aromatic nitrogens is 2. The summed E-state index contributed by atoms with van der Waals surface area (Å²) in [4.78, 5) is 8.17. The van der Waals surface area contributed by atoms with Crippen LogP contribution in [0.15, 0.2) is 48.8 Å². The first-order valence-electron chi connectivity index (χ1n) is 5.59. The second-order valence-electron chi connectivity index (χ2n) is 3.74. The Morgan fingerprint density at radius 1 is 1.18 bits per heavy atom. The maximum absolute atomic E-state index is 4.13. The molecule has 0 unspecified atom stereocenters. The van der Waals surface area contributed by atoms with E-state index in [1.807, 2.05) is 31.2 Å². The number of nitrogens with zero attached hydrogens (tertiary/aromatic N) is 2. The minimum Gasteiger partial charge on any atom is -0.366 e. The number of benzene rings is 1. The summed E-state index contributed by atoms with van der Waals surface area (Å²) in [6, 6.07) is 12.1. The van der Waals surface area contributed by atoms with Crippen molar-refractivity contribution in [1.29, 1.82) is 0 Å². The van der Waals surface area contributed by atoms with Gasteiger partial charge in [0.05, 0.1) is 0 Å². The molecule has 0 radical (unpaired) electrons. The van der Waals surface area contributed by atoms with E-state index in [9.17, 15) is 0 Å². The third-order valence-corrected chi connectivity index (χ3v) is 2.31. The van der Waals surface area contributed by atoms with E-state index >= 15 is 0 Å². The lowest BCUT2D eigenvalue weighted by molar-refractivity contribution is 1.09. The molecular weight excluding hydrogens is 210 g/mol. The van der Waals surface area contributed by atoms with Gasteiger partial charge in [-0.3, -0.25) is 0 Å². The van der Waals surface area contributed by atoms with Crippen molar-refractivity contribution in [2.45, 2.75) is 6.92 Å². The van der Waals surface area contributed by atoms with Crippen LogP contribution in [0, 0.1) is 6.92 Å². The molecule has 0 spiro atoms. The van der Waals surface area contributed by atoms with Crippen LogP contribution in [0.25, 0.3) is 6.08 Å². The molecule has 0 aliphatic carbocycles. The van der Waals surface area contributed by atoms with E-state index in [0.29, 0.717) is 0 Å². The lowest BCUT2D eigenvalue weighted by Gasteiger charge is -2.01.